The molecule has 29 heavy (non-hydrogen) atoms. The molecule has 3 aromatic rings. The molecule has 0 aliphatic carbocycles. The van der Waals surface area contributed by atoms with Crippen molar-refractivity contribution in [1.29, 1.82) is 0 Å². The summed E-state index contributed by atoms with van der Waals surface area (Å²) >= 11 is 6.12. The van der Waals surface area contributed by atoms with Gasteiger partial charge >= 0.3 is 0 Å². The van der Waals surface area contributed by atoms with Gasteiger partial charge < -0.3 is 16.2 Å². The molecule has 1 amide bonds. The molecule has 0 saturated carbocycles. The minimum absolute atomic E-state index is 0.133. The molecule has 0 radical (unpaired) electrons. The highest BCUT2D eigenvalue weighted by Gasteiger charge is 2.20. The van der Waals surface area contributed by atoms with Crippen molar-refractivity contribution in [2.45, 2.75) is 32.7 Å². The average Bonchev–Trinajstić information content (AvgIpc) is 3.04. The third kappa shape index (κ3) is 4.96. The molecular formula is C22H25ClN4O2. The zero-order chi connectivity index (χ0) is 21.2. The second-order valence-corrected chi connectivity index (χ2v) is 8.17. The summed E-state index contributed by atoms with van der Waals surface area (Å²) in [7, 11) is 0. The topological polar surface area (TPSA) is 93.2 Å². The minimum Gasteiger partial charge on any atom is -0.398 e. The number of nitrogens with two attached hydrogens (primary N) is 1. The van der Waals surface area contributed by atoms with Gasteiger partial charge in [-0.25, -0.2) is 4.68 Å². The Morgan fingerprint density at radius 1 is 1.28 bits per heavy atom. The van der Waals surface area contributed by atoms with Crippen LogP contribution in [0.4, 0.5) is 5.69 Å². The van der Waals surface area contributed by atoms with Crippen LogP contribution in [0.1, 0.15) is 41.0 Å². The van der Waals surface area contributed by atoms with Crippen molar-refractivity contribution < 1.29 is 9.90 Å². The van der Waals surface area contributed by atoms with Gasteiger partial charge in [0.05, 0.1) is 34.2 Å². The number of aliphatic hydroxyl groups is 1. The van der Waals surface area contributed by atoms with E-state index in [2.05, 4.69) is 10.4 Å². The van der Waals surface area contributed by atoms with Crippen molar-refractivity contribution in [2.75, 3.05) is 12.3 Å². The summed E-state index contributed by atoms with van der Waals surface area (Å²) in [5, 5.41) is 17.3. The van der Waals surface area contributed by atoms with Crippen molar-refractivity contribution in [2.24, 2.45) is 0 Å². The molecule has 0 bridgehead atoms. The molecule has 0 fully saturated rings. The predicted octanol–water partition coefficient (Wildman–Crippen LogP) is 3.51. The lowest BCUT2D eigenvalue weighted by Crippen LogP contribution is -2.46. The van der Waals surface area contributed by atoms with Crippen molar-refractivity contribution in [3.63, 3.8) is 0 Å². The number of carbonyl (C=O) groups is 1. The molecule has 7 heteroatoms. The molecular weight excluding hydrogens is 388 g/mol. The maximum absolute atomic E-state index is 12.5. The molecule has 4 N–H and O–H groups in total. The first kappa shape index (κ1) is 20.9. The lowest BCUT2D eigenvalue weighted by atomic mass is 10.0. The Bertz CT molecular complexity index is 1040. The van der Waals surface area contributed by atoms with Crippen LogP contribution in [0.3, 0.4) is 0 Å². The van der Waals surface area contributed by atoms with E-state index in [-0.39, 0.29) is 12.5 Å². The van der Waals surface area contributed by atoms with Gasteiger partial charge in [0.15, 0.2) is 0 Å². The zero-order valence-electron chi connectivity index (χ0n) is 16.7. The highest BCUT2D eigenvalue weighted by atomic mass is 35.5. The number of aromatic nitrogens is 2. The Kier molecular flexibility index (Phi) is 5.96. The summed E-state index contributed by atoms with van der Waals surface area (Å²) in [6.07, 6.45) is 2.60. The molecule has 0 saturated heterocycles. The monoisotopic (exact) mass is 412 g/mol. The van der Waals surface area contributed by atoms with Crippen LogP contribution in [0, 0.1) is 6.92 Å². The number of hydrogen-bond donors (Lipinski definition) is 3. The predicted molar refractivity (Wildman–Crippen MR) is 116 cm³/mol. The van der Waals surface area contributed by atoms with Crippen molar-refractivity contribution in [3.05, 3.63) is 76.1 Å². The molecule has 0 unspecified atom stereocenters. The van der Waals surface area contributed by atoms with E-state index in [9.17, 15) is 9.90 Å². The molecule has 2 aromatic carbocycles. The summed E-state index contributed by atoms with van der Waals surface area (Å²) in [6, 6.07) is 12.9. The quantitative estimate of drug-likeness (QED) is 0.540. The van der Waals surface area contributed by atoms with Crippen LogP contribution in [0.2, 0.25) is 5.02 Å². The highest BCUT2D eigenvalue weighted by molar-refractivity contribution is 6.33. The molecule has 0 aliphatic rings. The van der Waals surface area contributed by atoms with E-state index >= 15 is 0 Å². The Balaban J connectivity index is 1.81. The third-order valence-electron chi connectivity index (χ3n) is 4.68. The lowest BCUT2D eigenvalue weighted by molar-refractivity contribution is 0.0869. The summed E-state index contributed by atoms with van der Waals surface area (Å²) in [4.78, 5) is 12.5. The second-order valence-electron chi connectivity index (χ2n) is 7.76. The fraction of sp³-hybridized carbons (Fsp3) is 0.273. The average molecular weight is 413 g/mol. The van der Waals surface area contributed by atoms with E-state index in [1.807, 2.05) is 37.4 Å². The van der Waals surface area contributed by atoms with Gasteiger partial charge in [-0.15, -0.1) is 0 Å². The number of aliphatic hydroxyl groups excluding tert-OH is 1. The standard InChI is InChI=1S/C22H25ClN4O2/c1-14-17(12-27(26-14)18-7-8-20(24)19(23)11-18)10-15-5-4-6-16(9-15)21(29)25-22(2,3)13-28/h4-9,11-12,28H,10,13,24H2,1-3H3,(H,25,29). The van der Waals surface area contributed by atoms with Crippen LogP contribution in [0.15, 0.2) is 48.7 Å². The molecule has 3 rings (SSSR count). The molecule has 1 aromatic heterocycles. The molecule has 0 aliphatic heterocycles. The van der Waals surface area contributed by atoms with Gasteiger partial charge in [-0.3, -0.25) is 4.79 Å². The van der Waals surface area contributed by atoms with Gasteiger partial charge in [0.2, 0.25) is 0 Å². The Labute approximate surface area is 175 Å². The molecule has 6 nitrogen and oxygen atoms in total. The number of aryl methyl sites for hydroxylation is 1. The number of nitrogen functional groups attached to an aromatic ring is 1. The van der Waals surface area contributed by atoms with Gasteiger partial charge in [-0.1, -0.05) is 23.7 Å². The number of benzene rings is 2. The Morgan fingerprint density at radius 3 is 2.72 bits per heavy atom. The Hall–Kier alpha value is -2.83. The first-order valence-corrected chi connectivity index (χ1v) is 9.69. The van der Waals surface area contributed by atoms with E-state index in [0.717, 1.165) is 22.5 Å². The van der Waals surface area contributed by atoms with Gasteiger partial charge in [-0.05, 0) is 62.2 Å². The Morgan fingerprint density at radius 2 is 2.03 bits per heavy atom. The molecule has 152 valence electrons. The van der Waals surface area contributed by atoms with Crippen LogP contribution < -0.4 is 11.1 Å². The molecule has 0 atom stereocenters. The number of hydrogen-bond acceptors (Lipinski definition) is 4. The lowest BCUT2D eigenvalue weighted by Gasteiger charge is -2.23. The highest BCUT2D eigenvalue weighted by Crippen LogP contribution is 2.23. The fourth-order valence-corrected chi connectivity index (χ4v) is 3.10. The largest absolute Gasteiger partial charge is 0.398 e. The number of nitrogens with one attached hydrogen (secondary N) is 1. The summed E-state index contributed by atoms with van der Waals surface area (Å²) in [6.45, 7) is 5.36. The van der Waals surface area contributed by atoms with Gasteiger partial charge in [-0.2, -0.15) is 5.10 Å². The number of nitrogens with zero attached hydrogens (tertiary/aromatic N) is 2. The molecule has 0 spiro atoms. The van der Waals surface area contributed by atoms with Crippen LogP contribution >= 0.6 is 11.6 Å². The minimum atomic E-state index is -0.675. The van der Waals surface area contributed by atoms with Crippen LogP contribution in [-0.2, 0) is 6.42 Å². The summed E-state index contributed by atoms with van der Waals surface area (Å²) < 4.78 is 1.77. The van der Waals surface area contributed by atoms with Crippen LogP contribution in [0.25, 0.3) is 5.69 Å². The maximum Gasteiger partial charge on any atom is 0.251 e. The smallest absolute Gasteiger partial charge is 0.251 e. The van der Waals surface area contributed by atoms with Crippen molar-refractivity contribution in [1.82, 2.24) is 15.1 Å². The van der Waals surface area contributed by atoms with E-state index in [0.29, 0.717) is 22.7 Å². The summed E-state index contributed by atoms with van der Waals surface area (Å²) in [5.41, 5.74) is 9.96. The third-order valence-corrected chi connectivity index (χ3v) is 5.01. The number of halogens is 1. The second kappa shape index (κ2) is 8.27. The first-order valence-electron chi connectivity index (χ1n) is 9.31. The van der Waals surface area contributed by atoms with E-state index in [4.69, 9.17) is 17.3 Å². The van der Waals surface area contributed by atoms with Gasteiger partial charge in [0.25, 0.3) is 5.91 Å². The van der Waals surface area contributed by atoms with Crippen molar-refractivity contribution >= 4 is 23.2 Å². The van der Waals surface area contributed by atoms with E-state index in [1.54, 1.807) is 36.7 Å². The van der Waals surface area contributed by atoms with Crippen LogP contribution in [-0.4, -0.2) is 32.9 Å². The van der Waals surface area contributed by atoms with E-state index < -0.39 is 5.54 Å². The molecule has 1 heterocycles. The first-order chi connectivity index (χ1) is 13.7. The zero-order valence-corrected chi connectivity index (χ0v) is 17.5. The van der Waals surface area contributed by atoms with Crippen molar-refractivity contribution in [3.8, 4) is 5.69 Å². The number of anilines is 1. The van der Waals surface area contributed by atoms with Crippen LogP contribution in [0.5, 0.6) is 0 Å². The normalized spacial score (nSPS) is 11.5. The van der Waals surface area contributed by atoms with E-state index in [1.165, 1.54) is 0 Å². The number of carbonyl (C=O) groups excluding carboxylic acids is 1. The van der Waals surface area contributed by atoms with Gasteiger partial charge in [0.1, 0.15) is 0 Å². The maximum atomic E-state index is 12.5. The summed E-state index contributed by atoms with van der Waals surface area (Å²) in [5.74, 6) is -0.213. The SMILES string of the molecule is Cc1nn(-c2ccc(N)c(Cl)c2)cc1Cc1cccc(C(=O)NC(C)(C)CO)c1. The fourth-order valence-electron chi connectivity index (χ4n) is 2.92. The number of rotatable bonds is 6. The number of amides is 1. The van der Waals surface area contributed by atoms with Gasteiger partial charge in [0, 0.05) is 18.2 Å².